The van der Waals surface area contributed by atoms with Crippen molar-refractivity contribution >= 4 is 0 Å². The van der Waals surface area contributed by atoms with Gasteiger partial charge in [-0.15, -0.1) is 0 Å². The van der Waals surface area contributed by atoms with Gasteiger partial charge in [0.25, 0.3) is 0 Å². The molecule has 0 aliphatic heterocycles. The van der Waals surface area contributed by atoms with Crippen LogP contribution in [0.4, 0.5) is 0 Å². The summed E-state index contributed by atoms with van der Waals surface area (Å²) in [7, 11) is 0. The SMILES string of the molecule is CCC(C)N(C[O])CC(C)C. The minimum atomic E-state index is -0.0623. The lowest BCUT2D eigenvalue weighted by Gasteiger charge is -2.26. The van der Waals surface area contributed by atoms with Gasteiger partial charge in [0, 0.05) is 12.6 Å². The standard InChI is InChI=1S/C9H20NO/c1-5-9(4)10(7-11)6-8(2)3/h8-9H,5-7H2,1-4H3. The molecule has 0 aromatic heterocycles. The van der Waals surface area contributed by atoms with Crippen molar-refractivity contribution in [2.75, 3.05) is 13.3 Å². The lowest BCUT2D eigenvalue weighted by molar-refractivity contribution is 0.0175. The smallest absolute Gasteiger partial charge is 0.135 e. The van der Waals surface area contributed by atoms with Crippen molar-refractivity contribution in [3.05, 3.63) is 0 Å². The van der Waals surface area contributed by atoms with Gasteiger partial charge in [-0.1, -0.05) is 20.8 Å². The second-order valence-electron chi connectivity index (χ2n) is 3.55. The molecule has 0 heterocycles. The molecule has 0 spiro atoms. The molecule has 67 valence electrons. The van der Waals surface area contributed by atoms with Crippen molar-refractivity contribution in [1.82, 2.24) is 4.90 Å². The minimum Gasteiger partial charge on any atom is -0.275 e. The zero-order valence-electron chi connectivity index (χ0n) is 8.13. The summed E-state index contributed by atoms with van der Waals surface area (Å²) in [4.78, 5) is 1.99. The highest BCUT2D eigenvalue weighted by atomic mass is 16.3. The summed E-state index contributed by atoms with van der Waals surface area (Å²) in [6.45, 7) is 9.38. The zero-order chi connectivity index (χ0) is 8.85. The van der Waals surface area contributed by atoms with Crippen LogP contribution < -0.4 is 0 Å². The first-order chi connectivity index (χ1) is 5.11. The van der Waals surface area contributed by atoms with E-state index < -0.39 is 0 Å². The molecule has 2 heteroatoms. The van der Waals surface area contributed by atoms with Crippen LogP contribution in [0.1, 0.15) is 34.1 Å². The number of hydrogen-bond donors (Lipinski definition) is 0. The van der Waals surface area contributed by atoms with Gasteiger partial charge in [0.2, 0.25) is 0 Å². The largest absolute Gasteiger partial charge is 0.275 e. The first kappa shape index (κ1) is 10.9. The Bertz CT molecular complexity index is 93.6. The quantitative estimate of drug-likeness (QED) is 0.562. The maximum atomic E-state index is 10.7. The molecule has 0 saturated heterocycles. The van der Waals surface area contributed by atoms with Crippen LogP contribution in [0.5, 0.6) is 0 Å². The van der Waals surface area contributed by atoms with E-state index in [0.29, 0.717) is 12.0 Å². The maximum Gasteiger partial charge on any atom is 0.135 e. The predicted molar refractivity (Wildman–Crippen MR) is 46.9 cm³/mol. The van der Waals surface area contributed by atoms with E-state index >= 15 is 0 Å². The Morgan fingerprint density at radius 1 is 1.27 bits per heavy atom. The lowest BCUT2D eigenvalue weighted by Crippen LogP contribution is -2.35. The van der Waals surface area contributed by atoms with E-state index in [1.807, 2.05) is 4.90 Å². The molecule has 1 atom stereocenters. The zero-order valence-corrected chi connectivity index (χ0v) is 8.13. The van der Waals surface area contributed by atoms with Gasteiger partial charge >= 0.3 is 0 Å². The molecular formula is C9H20NO. The molecule has 1 radical (unpaired) electrons. The van der Waals surface area contributed by atoms with Crippen LogP contribution in [-0.2, 0) is 5.11 Å². The first-order valence-corrected chi connectivity index (χ1v) is 4.43. The van der Waals surface area contributed by atoms with Gasteiger partial charge < -0.3 is 0 Å². The van der Waals surface area contributed by atoms with Crippen LogP contribution in [0.2, 0.25) is 0 Å². The van der Waals surface area contributed by atoms with Gasteiger partial charge in [0.1, 0.15) is 6.73 Å². The van der Waals surface area contributed by atoms with Gasteiger partial charge in [0.15, 0.2) is 0 Å². The summed E-state index contributed by atoms with van der Waals surface area (Å²) in [6.07, 6.45) is 1.06. The molecule has 2 nitrogen and oxygen atoms in total. The fourth-order valence-corrected chi connectivity index (χ4v) is 1.09. The van der Waals surface area contributed by atoms with Crippen LogP contribution in [0.3, 0.4) is 0 Å². The van der Waals surface area contributed by atoms with E-state index in [0.717, 1.165) is 13.0 Å². The highest BCUT2D eigenvalue weighted by molar-refractivity contribution is 4.63. The van der Waals surface area contributed by atoms with Crippen molar-refractivity contribution in [3.8, 4) is 0 Å². The summed E-state index contributed by atoms with van der Waals surface area (Å²) in [5.41, 5.74) is 0. The highest BCUT2D eigenvalue weighted by Crippen LogP contribution is 2.05. The topological polar surface area (TPSA) is 23.1 Å². The third kappa shape index (κ3) is 4.38. The summed E-state index contributed by atoms with van der Waals surface area (Å²) in [6, 6.07) is 0.440. The Morgan fingerprint density at radius 3 is 2.09 bits per heavy atom. The predicted octanol–water partition coefficient (Wildman–Crippen LogP) is 2.13. The van der Waals surface area contributed by atoms with Crippen molar-refractivity contribution in [3.63, 3.8) is 0 Å². The van der Waals surface area contributed by atoms with Crippen molar-refractivity contribution in [2.45, 2.75) is 40.2 Å². The fraction of sp³-hybridized carbons (Fsp3) is 1.00. The molecule has 0 aliphatic carbocycles. The third-order valence-electron chi connectivity index (χ3n) is 1.98. The van der Waals surface area contributed by atoms with Crippen LogP contribution >= 0.6 is 0 Å². The maximum absolute atomic E-state index is 10.7. The molecule has 0 aromatic rings. The Hall–Kier alpha value is -0.0800. The van der Waals surface area contributed by atoms with E-state index in [2.05, 4.69) is 27.7 Å². The van der Waals surface area contributed by atoms with Gasteiger partial charge in [-0.3, -0.25) is 4.90 Å². The van der Waals surface area contributed by atoms with E-state index in [9.17, 15) is 5.11 Å². The van der Waals surface area contributed by atoms with Crippen molar-refractivity contribution in [2.24, 2.45) is 5.92 Å². The molecule has 0 rings (SSSR count). The Morgan fingerprint density at radius 2 is 1.82 bits per heavy atom. The summed E-state index contributed by atoms with van der Waals surface area (Å²) >= 11 is 0. The molecular weight excluding hydrogens is 138 g/mol. The van der Waals surface area contributed by atoms with E-state index in [1.54, 1.807) is 0 Å². The van der Waals surface area contributed by atoms with Crippen molar-refractivity contribution < 1.29 is 5.11 Å². The van der Waals surface area contributed by atoms with Gasteiger partial charge in [-0.05, 0) is 19.3 Å². The lowest BCUT2D eigenvalue weighted by atomic mass is 10.1. The number of nitrogens with zero attached hydrogens (tertiary/aromatic N) is 1. The molecule has 1 unspecified atom stereocenters. The van der Waals surface area contributed by atoms with Crippen LogP contribution in [0.15, 0.2) is 0 Å². The molecule has 11 heavy (non-hydrogen) atoms. The molecule has 0 saturated carbocycles. The first-order valence-electron chi connectivity index (χ1n) is 4.43. The van der Waals surface area contributed by atoms with Crippen LogP contribution in [0.25, 0.3) is 0 Å². The van der Waals surface area contributed by atoms with E-state index in [1.165, 1.54) is 0 Å². The summed E-state index contributed by atoms with van der Waals surface area (Å²) in [5.74, 6) is 0.595. The molecule has 0 aromatic carbocycles. The molecule has 0 amide bonds. The van der Waals surface area contributed by atoms with Gasteiger partial charge in [0.05, 0.1) is 0 Å². The average Bonchev–Trinajstić information content (AvgIpc) is 1.98. The number of hydrogen-bond acceptors (Lipinski definition) is 1. The molecule has 0 bridgehead atoms. The highest BCUT2D eigenvalue weighted by Gasteiger charge is 2.11. The normalized spacial score (nSPS) is 14.5. The minimum absolute atomic E-state index is 0.0623. The Balaban J connectivity index is 3.74. The fourth-order valence-electron chi connectivity index (χ4n) is 1.09. The van der Waals surface area contributed by atoms with Crippen molar-refractivity contribution in [1.29, 1.82) is 0 Å². The Labute approximate surface area is 70.2 Å². The third-order valence-corrected chi connectivity index (χ3v) is 1.98. The number of rotatable bonds is 5. The average molecular weight is 158 g/mol. The molecule has 0 N–H and O–H groups in total. The van der Waals surface area contributed by atoms with E-state index in [4.69, 9.17) is 0 Å². The van der Waals surface area contributed by atoms with Crippen LogP contribution in [0, 0.1) is 5.92 Å². The molecule has 0 aliphatic rings. The van der Waals surface area contributed by atoms with E-state index in [-0.39, 0.29) is 6.73 Å². The monoisotopic (exact) mass is 158 g/mol. The second-order valence-corrected chi connectivity index (χ2v) is 3.55. The van der Waals surface area contributed by atoms with Crippen LogP contribution in [-0.4, -0.2) is 24.2 Å². The Kier molecular flexibility index (Phi) is 5.51. The molecule has 0 fully saturated rings. The second kappa shape index (κ2) is 5.56. The summed E-state index contributed by atoms with van der Waals surface area (Å²) in [5, 5.41) is 10.7. The van der Waals surface area contributed by atoms with Gasteiger partial charge in [-0.25, -0.2) is 5.11 Å². The summed E-state index contributed by atoms with van der Waals surface area (Å²) < 4.78 is 0. The van der Waals surface area contributed by atoms with Gasteiger partial charge in [-0.2, -0.15) is 0 Å².